The van der Waals surface area contributed by atoms with E-state index in [9.17, 15) is 5.11 Å². The third kappa shape index (κ3) is 1.57. The number of aromatic hydroxyl groups is 1. The van der Waals surface area contributed by atoms with E-state index >= 15 is 0 Å². The summed E-state index contributed by atoms with van der Waals surface area (Å²) < 4.78 is 1.95. The molecule has 96 valence electrons. The molecule has 2 aromatic heterocycles. The van der Waals surface area contributed by atoms with Gasteiger partial charge >= 0.3 is 0 Å². The standard InChI is InChI=1S/C17H12N2O/c20-15-9-8-12-5-1-2-6-13(12)17(15)14-11-19-10-4-3-7-16(19)18-14/h1-11,20H. The zero-order valence-corrected chi connectivity index (χ0v) is 10.7. The fraction of sp³-hybridized carbons (Fsp3) is 0. The molecule has 1 N–H and O–H groups in total. The predicted molar refractivity (Wildman–Crippen MR) is 79.8 cm³/mol. The lowest BCUT2D eigenvalue weighted by Crippen LogP contribution is -1.82. The second-order valence-electron chi connectivity index (χ2n) is 4.77. The van der Waals surface area contributed by atoms with Crippen LogP contribution in [0.15, 0.2) is 67.0 Å². The number of rotatable bonds is 1. The number of aromatic nitrogens is 2. The van der Waals surface area contributed by atoms with Crippen molar-refractivity contribution in [2.24, 2.45) is 0 Å². The van der Waals surface area contributed by atoms with E-state index < -0.39 is 0 Å². The summed E-state index contributed by atoms with van der Waals surface area (Å²) in [5, 5.41) is 12.3. The van der Waals surface area contributed by atoms with Gasteiger partial charge in [-0.15, -0.1) is 0 Å². The summed E-state index contributed by atoms with van der Waals surface area (Å²) in [4.78, 5) is 4.60. The molecule has 3 heteroatoms. The first-order valence-electron chi connectivity index (χ1n) is 6.48. The molecule has 0 fully saturated rings. The fourth-order valence-corrected chi connectivity index (χ4v) is 2.58. The molecule has 2 heterocycles. The van der Waals surface area contributed by atoms with Crippen molar-refractivity contribution in [1.82, 2.24) is 9.38 Å². The lowest BCUT2D eigenvalue weighted by molar-refractivity contribution is 0.478. The SMILES string of the molecule is Oc1ccc2ccccc2c1-c1cn2ccccc2n1. The summed E-state index contributed by atoms with van der Waals surface area (Å²) in [6.07, 6.45) is 3.89. The third-order valence-electron chi connectivity index (χ3n) is 3.53. The highest BCUT2D eigenvalue weighted by Gasteiger charge is 2.12. The Kier molecular flexibility index (Phi) is 2.27. The number of pyridine rings is 1. The van der Waals surface area contributed by atoms with Crippen molar-refractivity contribution in [2.45, 2.75) is 0 Å². The van der Waals surface area contributed by atoms with E-state index in [1.54, 1.807) is 6.07 Å². The van der Waals surface area contributed by atoms with Crippen LogP contribution in [-0.2, 0) is 0 Å². The Morgan fingerprint density at radius 1 is 0.900 bits per heavy atom. The maximum absolute atomic E-state index is 10.2. The Labute approximate surface area is 115 Å². The van der Waals surface area contributed by atoms with Crippen molar-refractivity contribution in [1.29, 1.82) is 0 Å². The number of phenolic OH excluding ortho intramolecular Hbond substituents is 1. The lowest BCUT2D eigenvalue weighted by Gasteiger charge is -2.06. The molecule has 0 aliphatic carbocycles. The number of hydrogen-bond acceptors (Lipinski definition) is 2. The largest absolute Gasteiger partial charge is 0.507 e. The molecular weight excluding hydrogens is 248 g/mol. The van der Waals surface area contributed by atoms with Gasteiger partial charge in [-0.25, -0.2) is 4.98 Å². The van der Waals surface area contributed by atoms with E-state index in [1.165, 1.54) is 0 Å². The zero-order valence-electron chi connectivity index (χ0n) is 10.7. The van der Waals surface area contributed by atoms with Crippen molar-refractivity contribution < 1.29 is 5.11 Å². The monoisotopic (exact) mass is 260 g/mol. The molecule has 0 bridgehead atoms. The first-order valence-corrected chi connectivity index (χ1v) is 6.48. The summed E-state index contributed by atoms with van der Waals surface area (Å²) in [5.41, 5.74) is 2.44. The second kappa shape index (κ2) is 4.10. The van der Waals surface area contributed by atoms with E-state index in [-0.39, 0.29) is 5.75 Å². The Bertz CT molecular complexity index is 891. The first kappa shape index (κ1) is 11.1. The molecule has 4 rings (SSSR count). The van der Waals surface area contributed by atoms with Gasteiger partial charge in [0.1, 0.15) is 11.4 Å². The molecule has 4 aromatic rings. The molecule has 3 nitrogen and oxygen atoms in total. The zero-order chi connectivity index (χ0) is 13.5. The minimum atomic E-state index is 0.257. The first-order chi connectivity index (χ1) is 9.83. The Morgan fingerprint density at radius 2 is 1.75 bits per heavy atom. The Balaban J connectivity index is 2.08. The molecule has 0 spiro atoms. The van der Waals surface area contributed by atoms with Crippen molar-refractivity contribution in [3.05, 3.63) is 67.0 Å². The highest BCUT2D eigenvalue weighted by atomic mass is 16.3. The van der Waals surface area contributed by atoms with Crippen molar-refractivity contribution in [2.75, 3.05) is 0 Å². The summed E-state index contributed by atoms with van der Waals surface area (Å²) in [6.45, 7) is 0. The molecule has 0 aliphatic rings. The lowest BCUT2D eigenvalue weighted by atomic mass is 10.0. The quantitative estimate of drug-likeness (QED) is 0.564. The molecule has 0 atom stereocenters. The Morgan fingerprint density at radius 3 is 2.65 bits per heavy atom. The minimum absolute atomic E-state index is 0.257. The number of phenols is 1. The van der Waals surface area contributed by atoms with Gasteiger partial charge in [0.25, 0.3) is 0 Å². The van der Waals surface area contributed by atoms with Crippen molar-refractivity contribution in [3.8, 4) is 17.0 Å². The molecule has 0 saturated heterocycles. The van der Waals surface area contributed by atoms with Gasteiger partial charge in [-0.1, -0.05) is 36.4 Å². The van der Waals surface area contributed by atoms with Crippen molar-refractivity contribution >= 4 is 16.4 Å². The normalized spacial score (nSPS) is 11.2. The van der Waals surface area contributed by atoms with E-state index in [0.717, 1.165) is 27.7 Å². The predicted octanol–water partition coefficient (Wildman–Crippen LogP) is 3.86. The fourth-order valence-electron chi connectivity index (χ4n) is 2.58. The van der Waals surface area contributed by atoms with Gasteiger partial charge in [0.05, 0.1) is 11.3 Å². The summed E-state index contributed by atoms with van der Waals surface area (Å²) in [7, 11) is 0. The molecule has 20 heavy (non-hydrogen) atoms. The smallest absolute Gasteiger partial charge is 0.137 e. The molecule has 0 aliphatic heterocycles. The van der Waals surface area contributed by atoms with Crippen LogP contribution < -0.4 is 0 Å². The molecule has 0 saturated carbocycles. The van der Waals surface area contributed by atoms with E-state index in [2.05, 4.69) is 4.98 Å². The molecular formula is C17H12N2O. The van der Waals surface area contributed by atoms with Crippen LogP contribution in [0.25, 0.3) is 27.7 Å². The van der Waals surface area contributed by atoms with Crippen LogP contribution in [0, 0.1) is 0 Å². The van der Waals surface area contributed by atoms with E-state index in [4.69, 9.17) is 0 Å². The van der Waals surface area contributed by atoms with Gasteiger partial charge in [0, 0.05) is 12.4 Å². The molecule has 0 unspecified atom stereocenters. The van der Waals surface area contributed by atoms with Gasteiger partial charge < -0.3 is 9.51 Å². The van der Waals surface area contributed by atoms with Crippen LogP contribution in [0.3, 0.4) is 0 Å². The van der Waals surface area contributed by atoms with Gasteiger partial charge in [-0.05, 0) is 29.0 Å². The van der Waals surface area contributed by atoms with E-state index in [0.29, 0.717) is 0 Å². The third-order valence-corrected chi connectivity index (χ3v) is 3.53. The van der Waals surface area contributed by atoms with E-state index in [1.807, 2.05) is 65.3 Å². The van der Waals surface area contributed by atoms with Gasteiger partial charge in [0.2, 0.25) is 0 Å². The van der Waals surface area contributed by atoms with Crippen LogP contribution in [0.4, 0.5) is 0 Å². The second-order valence-corrected chi connectivity index (χ2v) is 4.77. The van der Waals surface area contributed by atoms with Crippen LogP contribution in [0.1, 0.15) is 0 Å². The van der Waals surface area contributed by atoms with Gasteiger partial charge in [-0.3, -0.25) is 0 Å². The van der Waals surface area contributed by atoms with Gasteiger partial charge in [0.15, 0.2) is 0 Å². The number of hydrogen-bond donors (Lipinski definition) is 1. The number of benzene rings is 2. The highest BCUT2D eigenvalue weighted by molar-refractivity contribution is 5.98. The maximum Gasteiger partial charge on any atom is 0.137 e. The van der Waals surface area contributed by atoms with Crippen LogP contribution in [0.5, 0.6) is 5.75 Å². The Hall–Kier alpha value is -2.81. The van der Waals surface area contributed by atoms with Gasteiger partial charge in [-0.2, -0.15) is 0 Å². The van der Waals surface area contributed by atoms with Crippen LogP contribution >= 0.6 is 0 Å². The number of nitrogens with zero attached hydrogens (tertiary/aromatic N) is 2. The van der Waals surface area contributed by atoms with Crippen molar-refractivity contribution in [3.63, 3.8) is 0 Å². The van der Waals surface area contributed by atoms with Crippen LogP contribution in [0.2, 0.25) is 0 Å². The average molecular weight is 260 g/mol. The number of fused-ring (bicyclic) bond motifs is 2. The topological polar surface area (TPSA) is 37.5 Å². The molecule has 2 aromatic carbocycles. The molecule has 0 amide bonds. The van der Waals surface area contributed by atoms with Crippen LogP contribution in [-0.4, -0.2) is 14.5 Å². The molecule has 0 radical (unpaired) electrons. The minimum Gasteiger partial charge on any atom is -0.507 e. The summed E-state index contributed by atoms with van der Waals surface area (Å²) in [5.74, 6) is 0.257. The number of imidazole rings is 1. The summed E-state index contributed by atoms with van der Waals surface area (Å²) in [6, 6.07) is 17.5. The summed E-state index contributed by atoms with van der Waals surface area (Å²) >= 11 is 0. The average Bonchev–Trinajstić information content (AvgIpc) is 2.90. The highest BCUT2D eigenvalue weighted by Crippen LogP contribution is 2.35. The maximum atomic E-state index is 10.2.